The average molecular weight is 395 g/mol. The standard InChI is InChI=1S/C26H26N4/c1-4-18-7-5-6-8-21-20(18)12-13-22-26(21)30-23(29-22)14-11-19-15-27-24-16(2)9-10-17(3)25(24)28-19/h5-10,12-13,15,18H,4,11,14H2,1-3H3,(H,29,30). The Morgan fingerprint density at radius 3 is 2.57 bits per heavy atom. The molecule has 1 atom stereocenters. The number of aryl methyl sites for hydroxylation is 4. The van der Waals surface area contributed by atoms with E-state index >= 15 is 0 Å². The number of hydrogen-bond acceptors (Lipinski definition) is 3. The molecule has 0 fully saturated rings. The van der Waals surface area contributed by atoms with E-state index in [9.17, 15) is 0 Å². The number of H-pyrrole nitrogens is 1. The first-order valence-electron chi connectivity index (χ1n) is 10.7. The molecule has 0 bridgehead atoms. The van der Waals surface area contributed by atoms with Crippen molar-refractivity contribution in [1.82, 2.24) is 19.9 Å². The summed E-state index contributed by atoms with van der Waals surface area (Å²) in [6, 6.07) is 8.64. The molecule has 1 unspecified atom stereocenters. The van der Waals surface area contributed by atoms with Crippen LogP contribution < -0.4 is 0 Å². The van der Waals surface area contributed by atoms with Gasteiger partial charge in [-0.3, -0.25) is 4.98 Å². The van der Waals surface area contributed by atoms with Crippen molar-refractivity contribution in [1.29, 1.82) is 0 Å². The summed E-state index contributed by atoms with van der Waals surface area (Å²) in [5.41, 5.74) is 10.1. The van der Waals surface area contributed by atoms with Crippen LogP contribution in [-0.2, 0) is 12.8 Å². The topological polar surface area (TPSA) is 54.5 Å². The van der Waals surface area contributed by atoms with Crippen LogP contribution in [0.4, 0.5) is 0 Å². The molecule has 4 heteroatoms. The van der Waals surface area contributed by atoms with Gasteiger partial charge < -0.3 is 4.98 Å². The zero-order valence-electron chi connectivity index (χ0n) is 17.7. The monoisotopic (exact) mass is 394 g/mol. The minimum atomic E-state index is 0.444. The maximum absolute atomic E-state index is 4.96. The third-order valence-electron chi connectivity index (χ3n) is 6.10. The van der Waals surface area contributed by atoms with Crippen LogP contribution in [0.1, 0.15) is 53.0 Å². The first kappa shape index (κ1) is 18.7. The van der Waals surface area contributed by atoms with Gasteiger partial charge in [0.25, 0.3) is 0 Å². The number of benzene rings is 2. The van der Waals surface area contributed by atoms with Gasteiger partial charge in [-0.15, -0.1) is 0 Å². The molecule has 2 aromatic heterocycles. The van der Waals surface area contributed by atoms with Crippen molar-refractivity contribution in [2.24, 2.45) is 0 Å². The Morgan fingerprint density at radius 2 is 1.73 bits per heavy atom. The smallest absolute Gasteiger partial charge is 0.107 e. The van der Waals surface area contributed by atoms with Crippen molar-refractivity contribution in [3.05, 3.63) is 82.5 Å². The molecule has 1 N–H and O–H groups in total. The van der Waals surface area contributed by atoms with Crippen molar-refractivity contribution in [2.75, 3.05) is 0 Å². The number of nitrogens with zero attached hydrogens (tertiary/aromatic N) is 3. The summed E-state index contributed by atoms with van der Waals surface area (Å²) < 4.78 is 0. The van der Waals surface area contributed by atoms with E-state index in [1.165, 1.54) is 22.3 Å². The van der Waals surface area contributed by atoms with Gasteiger partial charge >= 0.3 is 0 Å². The minimum Gasteiger partial charge on any atom is -0.342 e. The lowest BCUT2D eigenvalue weighted by atomic mass is 9.92. The lowest BCUT2D eigenvalue weighted by molar-refractivity contribution is 0.806. The van der Waals surface area contributed by atoms with E-state index in [1.807, 2.05) is 6.20 Å². The van der Waals surface area contributed by atoms with E-state index in [4.69, 9.17) is 9.97 Å². The molecule has 0 spiro atoms. The number of aromatic amines is 1. The van der Waals surface area contributed by atoms with E-state index in [-0.39, 0.29) is 0 Å². The number of rotatable bonds is 4. The SMILES string of the molecule is CCC1C=CC=Cc2c1ccc1[nH]c(CCc3cnc4c(C)ccc(C)c4n3)nc21. The largest absolute Gasteiger partial charge is 0.342 e. The molecule has 0 saturated heterocycles. The summed E-state index contributed by atoms with van der Waals surface area (Å²) in [4.78, 5) is 18.0. The number of aromatic nitrogens is 4. The Morgan fingerprint density at radius 1 is 0.900 bits per heavy atom. The normalized spacial score (nSPS) is 15.6. The highest BCUT2D eigenvalue weighted by atomic mass is 14.9. The molecule has 0 radical (unpaired) electrons. The van der Waals surface area contributed by atoms with Crippen molar-refractivity contribution < 1.29 is 0 Å². The zero-order valence-corrected chi connectivity index (χ0v) is 17.7. The zero-order chi connectivity index (χ0) is 20.7. The second-order valence-corrected chi connectivity index (χ2v) is 8.16. The molecule has 2 heterocycles. The molecule has 5 rings (SSSR count). The highest BCUT2D eigenvalue weighted by molar-refractivity contribution is 5.87. The molecule has 30 heavy (non-hydrogen) atoms. The fourth-order valence-electron chi connectivity index (χ4n) is 4.35. The number of nitrogens with one attached hydrogen (secondary N) is 1. The first-order chi connectivity index (χ1) is 14.6. The molecule has 1 aliphatic rings. The van der Waals surface area contributed by atoms with Gasteiger partial charge in [0.15, 0.2) is 0 Å². The van der Waals surface area contributed by atoms with Gasteiger partial charge in [-0.05, 0) is 49.4 Å². The van der Waals surface area contributed by atoms with Crippen LogP contribution in [0.25, 0.3) is 28.1 Å². The molecule has 1 aliphatic carbocycles. The molecule has 0 amide bonds. The maximum atomic E-state index is 4.96. The van der Waals surface area contributed by atoms with E-state index in [0.717, 1.165) is 52.8 Å². The summed E-state index contributed by atoms with van der Waals surface area (Å²) in [6.45, 7) is 6.41. The second-order valence-electron chi connectivity index (χ2n) is 8.16. The van der Waals surface area contributed by atoms with Crippen molar-refractivity contribution in [3.63, 3.8) is 0 Å². The predicted molar refractivity (Wildman–Crippen MR) is 124 cm³/mol. The fourth-order valence-corrected chi connectivity index (χ4v) is 4.35. The molecule has 0 aliphatic heterocycles. The summed E-state index contributed by atoms with van der Waals surface area (Å²) >= 11 is 0. The van der Waals surface area contributed by atoms with Gasteiger partial charge in [-0.1, -0.05) is 49.4 Å². The van der Waals surface area contributed by atoms with Gasteiger partial charge in [0, 0.05) is 24.1 Å². The third kappa shape index (κ3) is 3.22. The van der Waals surface area contributed by atoms with E-state index in [0.29, 0.717) is 5.92 Å². The molecule has 2 aromatic carbocycles. The Bertz CT molecular complexity index is 1310. The van der Waals surface area contributed by atoms with Gasteiger partial charge in [0.2, 0.25) is 0 Å². The van der Waals surface area contributed by atoms with E-state index < -0.39 is 0 Å². The van der Waals surface area contributed by atoms with Gasteiger partial charge in [0.05, 0.1) is 27.8 Å². The fraction of sp³-hybridized carbons (Fsp3) is 0.269. The summed E-state index contributed by atoms with van der Waals surface area (Å²) in [5.74, 6) is 1.44. The predicted octanol–water partition coefficient (Wildman–Crippen LogP) is 5.98. The Labute approximate surface area is 176 Å². The number of imidazole rings is 1. The Balaban J connectivity index is 1.45. The van der Waals surface area contributed by atoms with Crippen LogP contribution in [0.3, 0.4) is 0 Å². The molecule has 0 saturated carbocycles. The maximum Gasteiger partial charge on any atom is 0.107 e. The van der Waals surface area contributed by atoms with Crippen LogP contribution in [0, 0.1) is 13.8 Å². The highest BCUT2D eigenvalue weighted by Gasteiger charge is 2.16. The first-order valence-corrected chi connectivity index (χ1v) is 10.7. The highest BCUT2D eigenvalue weighted by Crippen LogP contribution is 2.32. The van der Waals surface area contributed by atoms with Crippen molar-refractivity contribution in [2.45, 2.75) is 46.0 Å². The van der Waals surface area contributed by atoms with Crippen molar-refractivity contribution >= 4 is 28.1 Å². The van der Waals surface area contributed by atoms with Crippen LogP contribution in [-0.4, -0.2) is 19.9 Å². The van der Waals surface area contributed by atoms with Gasteiger partial charge in [0.1, 0.15) is 5.82 Å². The molecule has 150 valence electrons. The molecule has 4 aromatic rings. The van der Waals surface area contributed by atoms with Gasteiger partial charge in [-0.25, -0.2) is 9.97 Å². The summed E-state index contributed by atoms with van der Waals surface area (Å²) in [7, 11) is 0. The molecule has 4 nitrogen and oxygen atoms in total. The third-order valence-corrected chi connectivity index (χ3v) is 6.10. The van der Waals surface area contributed by atoms with Crippen LogP contribution in [0.5, 0.6) is 0 Å². The lowest BCUT2D eigenvalue weighted by Crippen LogP contribution is -1.99. The Hall–Kier alpha value is -3.27. The van der Waals surface area contributed by atoms with Crippen LogP contribution in [0.2, 0.25) is 0 Å². The van der Waals surface area contributed by atoms with Crippen LogP contribution >= 0.6 is 0 Å². The quantitative estimate of drug-likeness (QED) is 0.463. The van der Waals surface area contributed by atoms with E-state index in [1.54, 1.807) is 0 Å². The average Bonchev–Trinajstić information content (AvgIpc) is 3.07. The summed E-state index contributed by atoms with van der Waals surface area (Å²) in [5, 5.41) is 0. The minimum absolute atomic E-state index is 0.444. The van der Waals surface area contributed by atoms with Crippen molar-refractivity contribution in [3.8, 4) is 0 Å². The Kier molecular flexibility index (Phi) is 4.70. The molecular formula is C26H26N4. The number of fused-ring (bicyclic) bond motifs is 4. The number of allylic oxidation sites excluding steroid dienone is 3. The van der Waals surface area contributed by atoms with Crippen LogP contribution in [0.15, 0.2) is 48.7 Å². The van der Waals surface area contributed by atoms with Gasteiger partial charge in [-0.2, -0.15) is 0 Å². The van der Waals surface area contributed by atoms with E-state index in [2.05, 4.69) is 79.3 Å². The number of hydrogen-bond donors (Lipinski definition) is 1. The lowest BCUT2D eigenvalue weighted by Gasteiger charge is -2.13. The molecular weight excluding hydrogens is 368 g/mol. The summed E-state index contributed by atoms with van der Waals surface area (Å²) in [6.07, 6.45) is 13.4. The second kappa shape index (κ2) is 7.52.